The lowest BCUT2D eigenvalue weighted by molar-refractivity contribution is 0.587. The van der Waals surface area contributed by atoms with E-state index >= 15 is 0 Å². The average Bonchev–Trinajstić information content (AvgIpc) is 3.02. The molecule has 0 aliphatic rings. The van der Waals surface area contributed by atoms with Gasteiger partial charge in [-0.25, -0.2) is 13.1 Å². The molecule has 1 aromatic heterocycles. The highest BCUT2D eigenvalue weighted by molar-refractivity contribution is 7.88. The van der Waals surface area contributed by atoms with Gasteiger partial charge in [0.2, 0.25) is 10.0 Å². The molecule has 0 aliphatic carbocycles. The average molecular weight is 355 g/mol. The fraction of sp³-hybridized carbons (Fsp3) is 0.211. The van der Waals surface area contributed by atoms with E-state index in [4.69, 9.17) is 0 Å². The maximum absolute atomic E-state index is 11.7. The highest BCUT2D eigenvalue weighted by Crippen LogP contribution is 2.21. The summed E-state index contributed by atoms with van der Waals surface area (Å²) in [6.07, 6.45) is 4.64. The molecule has 3 rings (SSSR count). The van der Waals surface area contributed by atoms with Crippen LogP contribution in [0.15, 0.2) is 59.7 Å². The van der Waals surface area contributed by atoms with Gasteiger partial charge in [0.25, 0.3) is 0 Å². The normalized spacial score (nSPS) is 12.2. The van der Waals surface area contributed by atoms with Crippen molar-refractivity contribution >= 4 is 27.1 Å². The van der Waals surface area contributed by atoms with Crippen molar-refractivity contribution in [2.24, 2.45) is 4.99 Å². The van der Waals surface area contributed by atoms with E-state index in [-0.39, 0.29) is 5.75 Å². The van der Waals surface area contributed by atoms with Gasteiger partial charge in [-0.2, -0.15) is 0 Å². The third-order valence-corrected chi connectivity index (χ3v) is 5.39. The summed E-state index contributed by atoms with van der Waals surface area (Å²) in [5.74, 6) is -0.0176. The smallest absolute Gasteiger partial charge is 0.215 e. The number of benzene rings is 2. The van der Waals surface area contributed by atoms with Crippen molar-refractivity contribution in [2.75, 3.05) is 13.6 Å². The summed E-state index contributed by atoms with van der Waals surface area (Å²) >= 11 is 0. The summed E-state index contributed by atoms with van der Waals surface area (Å²) in [4.78, 5) is 7.71. The standard InChI is InChI=1S/C19H21N3O2S/c1-20-25(23,24)14-16-7-8-19-18(11-16)17(13-22-19)9-10-21-12-15-5-3-2-4-6-15/h2-8,11-13,20,22H,9-10,14H2,1H3/b21-12+. The van der Waals surface area contributed by atoms with Gasteiger partial charge in [-0.1, -0.05) is 36.4 Å². The minimum Gasteiger partial charge on any atom is -0.361 e. The molecule has 0 spiro atoms. The number of aliphatic imine (C=N–C) groups is 1. The van der Waals surface area contributed by atoms with Gasteiger partial charge in [0.1, 0.15) is 0 Å². The van der Waals surface area contributed by atoms with Gasteiger partial charge in [0.15, 0.2) is 0 Å². The van der Waals surface area contributed by atoms with E-state index in [1.165, 1.54) is 7.05 Å². The van der Waals surface area contributed by atoms with Crippen LogP contribution in [0.3, 0.4) is 0 Å². The van der Waals surface area contributed by atoms with Gasteiger partial charge >= 0.3 is 0 Å². The van der Waals surface area contributed by atoms with Crippen LogP contribution in [0.4, 0.5) is 0 Å². The number of aromatic amines is 1. The minimum atomic E-state index is -3.27. The third kappa shape index (κ3) is 4.55. The first-order chi connectivity index (χ1) is 12.1. The van der Waals surface area contributed by atoms with Gasteiger partial charge in [-0.3, -0.25) is 4.99 Å². The number of sulfonamides is 1. The molecule has 0 saturated heterocycles. The molecule has 25 heavy (non-hydrogen) atoms. The van der Waals surface area contributed by atoms with Gasteiger partial charge < -0.3 is 4.98 Å². The predicted octanol–water partition coefficient (Wildman–Crippen LogP) is 2.88. The lowest BCUT2D eigenvalue weighted by Crippen LogP contribution is -2.20. The van der Waals surface area contributed by atoms with E-state index in [0.29, 0.717) is 6.54 Å². The molecule has 0 amide bonds. The van der Waals surface area contributed by atoms with Crippen LogP contribution in [-0.4, -0.2) is 33.2 Å². The second-order valence-corrected chi connectivity index (χ2v) is 7.78. The molecule has 2 N–H and O–H groups in total. The Kier molecular flexibility index (Phi) is 5.31. The number of H-pyrrole nitrogens is 1. The van der Waals surface area contributed by atoms with Gasteiger partial charge in [-0.15, -0.1) is 0 Å². The van der Waals surface area contributed by atoms with Crippen molar-refractivity contribution in [3.05, 3.63) is 71.4 Å². The van der Waals surface area contributed by atoms with Gasteiger partial charge in [0, 0.05) is 29.9 Å². The number of rotatable bonds is 7. The first-order valence-corrected chi connectivity index (χ1v) is 9.77. The van der Waals surface area contributed by atoms with Crippen molar-refractivity contribution in [1.82, 2.24) is 9.71 Å². The van der Waals surface area contributed by atoms with Crippen LogP contribution in [0.1, 0.15) is 16.7 Å². The zero-order valence-corrected chi connectivity index (χ0v) is 14.9. The molecule has 3 aromatic rings. The van der Waals surface area contributed by atoms with Crippen LogP contribution in [-0.2, 0) is 22.2 Å². The summed E-state index contributed by atoms with van der Waals surface area (Å²) in [6, 6.07) is 15.7. The van der Waals surface area contributed by atoms with E-state index in [1.54, 1.807) is 0 Å². The fourth-order valence-electron chi connectivity index (χ4n) is 2.71. The highest BCUT2D eigenvalue weighted by Gasteiger charge is 2.10. The van der Waals surface area contributed by atoms with Crippen LogP contribution in [0.2, 0.25) is 0 Å². The molecule has 130 valence electrons. The van der Waals surface area contributed by atoms with Crippen molar-refractivity contribution in [1.29, 1.82) is 0 Å². The second-order valence-electron chi connectivity index (χ2n) is 5.85. The Morgan fingerprint density at radius 2 is 1.96 bits per heavy atom. The molecule has 6 heteroatoms. The quantitative estimate of drug-likeness (QED) is 0.640. The molecular formula is C19H21N3O2S. The number of fused-ring (bicyclic) bond motifs is 1. The molecule has 0 aliphatic heterocycles. The Morgan fingerprint density at radius 1 is 1.16 bits per heavy atom. The largest absolute Gasteiger partial charge is 0.361 e. The van der Waals surface area contributed by atoms with Crippen molar-refractivity contribution in [3.63, 3.8) is 0 Å². The summed E-state index contributed by atoms with van der Waals surface area (Å²) in [7, 11) is -1.84. The van der Waals surface area contributed by atoms with Crippen LogP contribution in [0.25, 0.3) is 10.9 Å². The Labute approximate surface area is 147 Å². The number of aromatic nitrogens is 1. The summed E-state index contributed by atoms with van der Waals surface area (Å²) in [5.41, 5.74) is 4.01. The van der Waals surface area contributed by atoms with Gasteiger partial charge in [0.05, 0.1) is 5.75 Å². The fourth-order valence-corrected chi connectivity index (χ4v) is 3.47. The van der Waals surface area contributed by atoms with E-state index in [9.17, 15) is 8.42 Å². The Balaban J connectivity index is 1.72. The monoisotopic (exact) mass is 355 g/mol. The Hall–Kier alpha value is -2.44. The molecule has 1 heterocycles. The SMILES string of the molecule is CNS(=O)(=O)Cc1ccc2[nH]cc(CC/N=C/c3ccccc3)c2c1. The topological polar surface area (TPSA) is 74.3 Å². The van der Waals surface area contributed by atoms with E-state index in [1.807, 2.05) is 60.9 Å². The molecule has 0 atom stereocenters. The maximum Gasteiger partial charge on any atom is 0.215 e. The number of nitrogens with zero attached hydrogens (tertiary/aromatic N) is 1. The third-order valence-electron chi connectivity index (χ3n) is 4.05. The molecule has 2 aromatic carbocycles. The van der Waals surface area contributed by atoms with Gasteiger partial charge in [-0.05, 0) is 42.3 Å². The lowest BCUT2D eigenvalue weighted by atomic mass is 10.1. The second kappa shape index (κ2) is 7.63. The van der Waals surface area contributed by atoms with Crippen LogP contribution in [0, 0.1) is 0 Å². The maximum atomic E-state index is 11.7. The van der Waals surface area contributed by atoms with E-state index < -0.39 is 10.0 Å². The Bertz CT molecular complexity index is 976. The van der Waals surface area contributed by atoms with Crippen molar-refractivity contribution in [2.45, 2.75) is 12.2 Å². The van der Waals surface area contributed by atoms with Crippen molar-refractivity contribution < 1.29 is 8.42 Å². The molecule has 0 fully saturated rings. The highest BCUT2D eigenvalue weighted by atomic mass is 32.2. The minimum absolute atomic E-state index is 0.0176. The lowest BCUT2D eigenvalue weighted by Gasteiger charge is -2.04. The zero-order chi connectivity index (χ0) is 17.7. The first-order valence-electron chi connectivity index (χ1n) is 8.12. The predicted molar refractivity (Wildman–Crippen MR) is 103 cm³/mol. The molecule has 0 radical (unpaired) electrons. The summed E-state index contributed by atoms with van der Waals surface area (Å²) < 4.78 is 25.8. The molecular weight excluding hydrogens is 334 g/mol. The number of hydrogen-bond donors (Lipinski definition) is 2. The van der Waals surface area contributed by atoms with Crippen LogP contribution < -0.4 is 4.72 Å². The van der Waals surface area contributed by atoms with Crippen molar-refractivity contribution in [3.8, 4) is 0 Å². The van der Waals surface area contributed by atoms with Crippen LogP contribution >= 0.6 is 0 Å². The molecule has 5 nitrogen and oxygen atoms in total. The summed E-state index contributed by atoms with van der Waals surface area (Å²) in [5, 5.41) is 1.05. The first kappa shape index (κ1) is 17.4. The van der Waals surface area contributed by atoms with Crippen LogP contribution in [0.5, 0.6) is 0 Å². The summed E-state index contributed by atoms with van der Waals surface area (Å²) in [6.45, 7) is 0.681. The number of hydrogen-bond acceptors (Lipinski definition) is 3. The Morgan fingerprint density at radius 3 is 2.72 bits per heavy atom. The molecule has 0 bridgehead atoms. The van der Waals surface area contributed by atoms with E-state index in [2.05, 4.69) is 14.7 Å². The van der Waals surface area contributed by atoms with E-state index in [0.717, 1.165) is 34.0 Å². The number of nitrogens with one attached hydrogen (secondary N) is 2. The zero-order valence-electron chi connectivity index (χ0n) is 14.1. The molecule has 0 saturated carbocycles. The molecule has 0 unspecified atom stereocenters.